The number of rotatable bonds is 6. The zero-order chi connectivity index (χ0) is 13.4. The molecule has 0 radical (unpaired) electrons. The molecule has 0 aromatic heterocycles. The molecule has 1 N–H and O–H groups in total. The van der Waals surface area contributed by atoms with Gasteiger partial charge in [0.15, 0.2) is 0 Å². The van der Waals surface area contributed by atoms with Crippen LogP contribution in [-0.4, -0.2) is 49.7 Å². The fourth-order valence-electron chi connectivity index (χ4n) is 2.03. The standard InChI is InChI=1S/C13H23N3O2/c1-11(2)9-16(6-3-4-14)13(17)8-12-10-18-7-5-15-12/h11-12,15H,3,5-10H2,1-2H3. The van der Waals surface area contributed by atoms with Gasteiger partial charge < -0.3 is 15.0 Å². The molecule has 0 bridgehead atoms. The first-order valence-electron chi connectivity index (χ1n) is 6.59. The highest BCUT2D eigenvalue weighted by molar-refractivity contribution is 5.76. The predicted molar refractivity (Wildman–Crippen MR) is 68.9 cm³/mol. The molecule has 1 saturated heterocycles. The molecule has 102 valence electrons. The van der Waals surface area contributed by atoms with Gasteiger partial charge in [-0.2, -0.15) is 5.26 Å². The third-order valence-corrected chi connectivity index (χ3v) is 2.85. The number of morpholine rings is 1. The van der Waals surface area contributed by atoms with E-state index in [0.717, 1.165) is 13.2 Å². The molecule has 1 heterocycles. The topological polar surface area (TPSA) is 65.4 Å². The van der Waals surface area contributed by atoms with Crippen LogP contribution in [-0.2, 0) is 9.53 Å². The Morgan fingerprint density at radius 1 is 1.61 bits per heavy atom. The van der Waals surface area contributed by atoms with Gasteiger partial charge in [-0.05, 0) is 5.92 Å². The van der Waals surface area contributed by atoms with Crippen molar-refractivity contribution in [2.24, 2.45) is 5.92 Å². The summed E-state index contributed by atoms with van der Waals surface area (Å²) in [6.45, 7) is 7.52. The van der Waals surface area contributed by atoms with E-state index in [1.165, 1.54) is 0 Å². The average Bonchev–Trinajstić information content (AvgIpc) is 2.35. The van der Waals surface area contributed by atoms with Gasteiger partial charge in [-0.15, -0.1) is 0 Å². The maximum Gasteiger partial charge on any atom is 0.224 e. The second kappa shape index (κ2) is 8.06. The Labute approximate surface area is 109 Å². The van der Waals surface area contributed by atoms with E-state index < -0.39 is 0 Å². The van der Waals surface area contributed by atoms with Crippen molar-refractivity contribution in [3.8, 4) is 6.07 Å². The molecular formula is C13H23N3O2. The minimum atomic E-state index is 0.113. The molecule has 1 unspecified atom stereocenters. The van der Waals surface area contributed by atoms with Crippen LogP contribution in [0.15, 0.2) is 0 Å². The van der Waals surface area contributed by atoms with Crippen LogP contribution in [0.5, 0.6) is 0 Å². The minimum absolute atomic E-state index is 0.113. The number of hydrogen-bond acceptors (Lipinski definition) is 4. The molecule has 5 nitrogen and oxygen atoms in total. The summed E-state index contributed by atoms with van der Waals surface area (Å²) < 4.78 is 5.34. The maximum atomic E-state index is 12.2. The molecule has 0 saturated carbocycles. The van der Waals surface area contributed by atoms with E-state index in [1.807, 2.05) is 0 Å². The Morgan fingerprint density at radius 2 is 2.39 bits per heavy atom. The lowest BCUT2D eigenvalue weighted by Crippen LogP contribution is -2.45. The largest absolute Gasteiger partial charge is 0.378 e. The van der Waals surface area contributed by atoms with Gasteiger partial charge in [-0.1, -0.05) is 13.8 Å². The predicted octanol–water partition coefficient (Wildman–Crippen LogP) is 0.763. The lowest BCUT2D eigenvalue weighted by Gasteiger charge is -2.28. The molecular weight excluding hydrogens is 230 g/mol. The number of hydrogen-bond donors (Lipinski definition) is 1. The number of carbonyl (C=O) groups excluding carboxylic acids is 1. The summed E-state index contributed by atoms with van der Waals surface area (Å²) in [4.78, 5) is 14.0. The highest BCUT2D eigenvalue weighted by Gasteiger charge is 2.21. The second-order valence-electron chi connectivity index (χ2n) is 5.07. The maximum absolute atomic E-state index is 12.2. The van der Waals surface area contributed by atoms with Gasteiger partial charge in [0.05, 0.1) is 25.7 Å². The molecule has 1 atom stereocenters. The summed E-state index contributed by atoms with van der Waals surface area (Å²) in [7, 11) is 0. The molecule has 1 rings (SSSR count). The van der Waals surface area contributed by atoms with E-state index in [9.17, 15) is 4.79 Å². The van der Waals surface area contributed by atoms with Crippen LogP contribution in [0.4, 0.5) is 0 Å². The Kier molecular flexibility index (Phi) is 6.69. The van der Waals surface area contributed by atoms with Crippen LogP contribution in [0.2, 0.25) is 0 Å². The number of nitrogens with zero attached hydrogens (tertiary/aromatic N) is 2. The van der Waals surface area contributed by atoms with E-state index in [1.54, 1.807) is 4.90 Å². The summed E-state index contributed by atoms with van der Waals surface area (Å²) >= 11 is 0. The van der Waals surface area contributed by atoms with Crippen molar-refractivity contribution in [1.29, 1.82) is 5.26 Å². The number of carbonyl (C=O) groups is 1. The van der Waals surface area contributed by atoms with Gasteiger partial charge in [-0.25, -0.2) is 0 Å². The monoisotopic (exact) mass is 253 g/mol. The van der Waals surface area contributed by atoms with Crippen molar-refractivity contribution in [2.75, 3.05) is 32.8 Å². The Balaban J connectivity index is 2.44. The zero-order valence-corrected chi connectivity index (χ0v) is 11.3. The molecule has 1 aliphatic rings. The average molecular weight is 253 g/mol. The van der Waals surface area contributed by atoms with Crippen molar-refractivity contribution >= 4 is 5.91 Å². The quantitative estimate of drug-likeness (QED) is 0.759. The summed E-state index contributed by atoms with van der Waals surface area (Å²) in [5.41, 5.74) is 0. The molecule has 1 fully saturated rings. The SMILES string of the molecule is CC(C)CN(CCC#N)C(=O)CC1COCCN1. The number of amides is 1. The Hall–Kier alpha value is -1.12. The van der Waals surface area contributed by atoms with E-state index in [4.69, 9.17) is 10.00 Å². The van der Waals surface area contributed by atoms with Crippen molar-refractivity contribution in [2.45, 2.75) is 32.7 Å². The van der Waals surface area contributed by atoms with Crippen molar-refractivity contribution < 1.29 is 9.53 Å². The second-order valence-corrected chi connectivity index (χ2v) is 5.07. The fraction of sp³-hybridized carbons (Fsp3) is 0.846. The zero-order valence-electron chi connectivity index (χ0n) is 11.3. The number of nitriles is 1. The highest BCUT2D eigenvalue weighted by Crippen LogP contribution is 2.06. The van der Waals surface area contributed by atoms with Crippen molar-refractivity contribution in [3.63, 3.8) is 0 Å². The number of ether oxygens (including phenoxy) is 1. The van der Waals surface area contributed by atoms with Crippen LogP contribution in [0.3, 0.4) is 0 Å². The smallest absolute Gasteiger partial charge is 0.224 e. The summed E-state index contributed by atoms with van der Waals surface area (Å²) in [5.74, 6) is 0.533. The van der Waals surface area contributed by atoms with E-state index in [2.05, 4.69) is 25.2 Å². The molecule has 1 aliphatic heterocycles. The summed E-state index contributed by atoms with van der Waals surface area (Å²) in [5, 5.41) is 11.9. The highest BCUT2D eigenvalue weighted by atomic mass is 16.5. The van der Waals surface area contributed by atoms with Gasteiger partial charge >= 0.3 is 0 Å². The van der Waals surface area contributed by atoms with Crippen molar-refractivity contribution in [1.82, 2.24) is 10.2 Å². The first kappa shape index (κ1) is 14.9. The Bertz CT molecular complexity index is 293. The molecule has 0 aliphatic carbocycles. The van der Waals surface area contributed by atoms with Gasteiger partial charge in [0, 0.05) is 32.1 Å². The van der Waals surface area contributed by atoms with Crippen LogP contribution >= 0.6 is 0 Å². The van der Waals surface area contributed by atoms with Crippen LogP contribution in [0.25, 0.3) is 0 Å². The summed E-state index contributed by atoms with van der Waals surface area (Å²) in [6, 6.07) is 2.21. The fourth-order valence-corrected chi connectivity index (χ4v) is 2.03. The van der Waals surface area contributed by atoms with E-state index in [-0.39, 0.29) is 11.9 Å². The van der Waals surface area contributed by atoms with Gasteiger partial charge in [0.1, 0.15) is 0 Å². The van der Waals surface area contributed by atoms with Gasteiger partial charge in [-0.3, -0.25) is 4.79 Å². The first-order chi connectivity index (χ1) is 8.63. The lowest BCUT2D eigenvalue weighted by atomic mass is 10.1. The molecule has 0 spiro atoms. The first-order valence-corrected chi connectivity index (χ1v) is 6.59. The molecule has 0 aromatic rings. The van der Waals surface area contributed by atoms with E-state index in [0.29, 0.717) is 38.5 Å². The van der Waals surface area contributed by atoms with Crippen LogP contribution in [0, 0.1) is 17.2 Å². The normalized spacial score (nSPS) is 19.6. The Morgan fingerprint density at radius 3 is 2.94 bits per heavy atom. The molecule has 0 aromatic carbocycles. The van der Waals surface area contributed by atoms with Crippen LogP contribution < -0.4 is 5.32 Å². The minimum Gasteiger partial charge on any atom is -0.378 e. The molecule has 18 heavy (non-hydrogen) atoms. The lowest BCUT2D eigenvalue weighted by molar-refractivity contribution is -0.132. The van der Waals surface area contributed by atoms with Crippen molar-refractivity contribution in [3.05, 3.63) is 0 Å². The van der Waals surface area contributed by atoms with Gasteiger partial charge in [0.25, 0.3) is 0 Å². The number of nitrogens with one attached hydrogen (secondary N) is 1. The third kappa shape index (κ3) is 5.48. The van der Waals surface area contributed by atoms with E-state index >= 15 is 0 Å². The van der Waals surface area contributed by atoms with Gasteiger partial charge in [0.2, 0.25) is 5.91 Å². The van der Waals surface area contributed by atoms with Crippen LogP contribution in [0.1, 0.15) is 26.7 Å². The molecule has 1 amide bonds. The third-order valence-electron chi connectivity index (χ3n) is 2.85. The molecule has 5 heteroatoms. The summed E-state index contributed by atoms with van der Waals surface area (Å²) in [6.07, 6.45) is 0.852.